The summed E-state index contributed by atoms with van der Waals surface area (Å²) in [4.78, 5) is 29.4. The van der Waals surface area contributed by atoms with Crippen molar-refractivity contribution in [3.05, 3.63) is 52.2 Å². The summed E-state index contributed by atoms with van der Waals surface area (Å²) in [6.45, 7) is 4.92. The maximum atomic E-state index is 13.1. The van der Waals surface area contributed by atoms with E-state index < -0.39 is 5.54 Å². The van der Waals surface area contributed by atoms with Crippen molar-refractivity contribution in [2.45, 2.75) is 38.4 Å². The summed E-state index contributed by atoms with van der Waals surface area (Å²) in [5, 5.41) is 6.94. The van der Waals surface area contributed by atoms with Gasteiger partial charge in [0.25, 0.3) is 5.91 Å². The van der Waals surface area contributed by atoms with Crippen LogP contribution >= 0.6 is 11.3 Å². The molecule has 7 heteroatoms. The molecule has 2 saturated heterocycles. The average molecular weight is 414 g/mol. The van der Waals surface area contributed by atoms with Gasteiger partial charge < -0.3 is 10.1 Å². The van der Waals surface area contributed by atoms with Crippen LogP contribution in [0, 0.1) is 5.92 Å². The molecule has 4 rings (SSSR count). The minimum Gasteiger partial charge on any atom is -0.497 e. The molecule has 3 heterocycles. The molecule has 1 aromatic heterocycles. The van der Waals surface area contributed by atoms with Crippen LogP contribution in [-0.2, 0) is 17.9 Å². The molecule has 0 spiro atoms. The van der Waals surface area contributed by atoms with Gasteiger partial charge in [-0.3, -0.25) is 14.6 Å². The monoisotopic (exact) mass is 413 g/mol. The number of hydrogen-bond donors (Lipinski definition) is 1. The van der Waals surface area contributed by atoms with Crippen LogP contribution in [0.5, 0.6) is 5.75 Å². The molecular weight excluding hydrogens is 386 g/mol. The van der Waals surface area contributed by atoms with E-state index in [2.05, 4.69) is 22.3 Å². The van der Waals surface area contributed by atoms with Crippen molar-refractivity contribution in [1.29, 1.82) is 0 Å². The van der Waals surface area contributed by atoms with Gasteiger partial charge >= 0.3 is 6.03 Å². The highest BCUT2D eigenvalue weighted by Gasteiger charge is 2.52. The van der Waals surface area contributed by atoms with Crippen LogP contribution < -0.4 is 10.1 Å². The minimum absolute atomic E-state index is 0.0973. The van der Waals surface area contributed by atoms with Crippen LogP contribution in [0.2, 0.25) is 0 Å². The molecule has 0 aliphatic carbocycles. The number of imide groups is 1. The fourth-order valence-corrected chi connectivity index (χ4v) is 5.06. The zero-order valence-electron chi connectivity index (χ0n) is 16.9. The van der Waals surface area contributed by atoms with Crippen LogP contribution in [0.1, 0.15) is 30.9 Å². The number of hydrogen-bond acceptors (Lipinski definition) is 5. The molecule has 154 valence electrons. The quantitative estimate of drug-likeness (QED) is 0.737. The second-order valence-corrected chi connectivity index (χ2v) is 8.84. The van der Waals surface area contributed by atoms with Crippen molar-refractivity contribution in [1.82, 2.24) is 15.1 Å². The van der Waals surface area contributed by atoms with E-state index in [1.165, 1.54) is 10.5 Å². The van der Waals surface area contributed by atoms with Crippen LogP contribution in [0.4, 0.5) is 4.79 Å². The second kappa shape index (κ2) is 8.16. The number of likely N-dealkylation sites (tertiary alicyclic amines) is 1. The molecule has 0 unspecified atom stereocenters. The Kier molecular flexibility index (Phi) is 5.61. The zero-order valence-corrected chi connectivity index (χ0v) is 17.7. The van der Waals surface area contributed by atoms with Gasteiger partial charge in [-0.05, 0) is 78.9 Å². The maximum absolute atomic E-state index is 13.1. The van der Waals surface area contributed by atoms with Crippen molar-refractivity contribution < 1.29 is 14.3 Å². The number of benzene rings is 1. The Morgan fingerprint density at radius 3 is 2.66 bits per heavy atom. The molecule has 0 bridgehead atoms. The third kappa shape index (κ3) is 4.02. The van der Waals surface area contributed by atoms with Gasteiger partial charge in [-0.15, -0.1) is 0 Å². The number of nitrogens with zero attached hydrogens (tertiary/aromatic N) is 2. The zero-order chi connectivity index (χ0) is 20.4. The number of carbonyl (C=O) groups is 2. The summed E-state index contributed by atoms with van der Waals surface area (Å²) in [7, 11) is 1.68. The third-order valence-corrected chi connectivity index (χ3v) is 6.90. The Bertz CT molecular complexity index is 877. The maximum Gasteiger partial charge on any atom is 0.325 e. The Morgan fingerprint density at radius 1 is 1.17 bits per heavy atom. The lowest BCUT2D eigenvalue weighted by molar-refractivity contribution is -0.133. The first-order valence-corrected chi connectivity index (χ1v) is 10.9. The molecule has 1 aromatic carbocycles. The number of piperidine rings is 1. The molecular formula is C22H27N3O3S. The standard InChI is InChI=1S/C22H27N3O3S/c1-22(20(26)25(21(27)23-22)14-17-8-11-29-15-17)18-6-9-24(10-7-18)13-16-4-3-5-19(12-16)28-2/h3-5,8,11-12,15,18H,6-7,9-10,13-14H2,1-2H3,(H,23,27)/t22-/m0/s1. The van der Waals surface area contributed by atoms with Gasteiger partial charge in [0.05, 0.1) is 13.7 Å². The van der Waals surface area contributed by atoms with Gasteiger partial charge in [-0.1, -0.05) is 12.1 Å². The SMILES string of the molecule is COc1cccc(CN2CCC([C@]3(C)NC(=O)N(Cc4ccsc4)C3=O)CC2)c1. The van der Waals surface area contributed by atoms with Gasteiger partial charge in [0, 0.05) is 6.54 Å². The van der Waals surface area contributed by atoms with Crippen LogP contribution in [0.3, 0.4) is 0 Å². The number of rotatable bonds is 6. The smallest absolute Gasteiger partial charge is 0.325 e. The van der Waals surface area contributed by atoms with Gasteiger partial charge in [0.1, 0.15) is 11.3 Å². The summed E-state index contributed by atoms with van der Waals surface area (Å²) in [5.74, 6) is 0.919. The largest absolute Gasteiger partial charge is 0.497 e. The summed E-state index contributed by atoms with van der Waals surface area (Å²) in [6.07, 6.45) is 1.78. The molecule has 1 N–H and O–H groups in total. The summed E-state index contributed by atoms with van der Waals surface area (Å²) < 4.78 is 5.31. The number of methoxy groups -OCH3 is 1. The predicted molar refractivity (Wildman–Crippen MR) is 113 cm³/mol. The van der Waals surface area contributed by atoms with E-state index in [0.29, 0.717) is 6.54 Å². The third-order valence-electron chi connectivity index (χ3n) is 6.17. The van der Waals surface area contributed by atoms with Gasteiger partial charge in [-0.2, -0.15) is 11.3 Å². The highest BCUT2D eigenvalue weighted by Crippen LogP contribution is 2.34. The van der Waals surface area contributed by atoms with E-state index in [4.69, 9.17) is 4.74 Å². The molecule has 0 saturated carbocycles. The van der Waals surface area contributed by atoms with Crippen LogP contribution in [0.25, 0.3) is 0 Å². The van der Waals surface area contributed by atoms with E-state index in [1.807, 2.05) is 35.9 Å². The topological polar surface area (TPSA) is 61.9 Å². The minimum atomic E-state index is -0.810. The van der Waals surface area contributed by atoms with E-state index in [0.717, 1.165) is 43.8 Å². The molecule has 3 amide bonds. The first-order chi connectivity index (χ1) is 14.0. The lowest BCUT2D eigenvalue weighted by atomic mass is 9.79. The van der Waals surface area contributed by atoms with E-state index in [-0.39, 0.29) is 17.9 Å². The lowest BCUT2D eigenvalue weighted by Gasteiger charge is -2.39. The molecule has 2 aromatic rings. The predicted octanol–water partition coefficient (Wildman–Crippen LogP) is 3.48. The Hall–Kier alpha value is -2.38. The number of amides is 3. The summed E-state index contributed by atoms with van der Waals surface area (Å²) >= 11 is 1.57. The van der Waals surface area contributed by atoms with Crippen LogP contribution in [-0.4, -0.2) is 47.5 Å². The highest BCUT2D eigenvalue weighted by molar-refractivity contribution is 7.07. The molecule has 2 aliphatic heterocycles. The lowest BCUT2D eigenvalue weighted by Crippen LogP contribution is -2.53. The van der Waals surface area contributed by atoms with Gasteiger partial charge in [0.15, 0.2) is 0 Å². The van der Waals surface area contributed by atoms with Crippen molar-refractivity contribution in [2.24, 2.45) is 5.92 Å². The highest BCUT2D eigenvalue weighted by atomic mass is 32.1. The first kappa shape index (κ1) is 19.9. The molecule has 6 nitrogen and oxygen atoms in total. The van der Waals surface area contributed by atoms with Crippen molar-refractivity contribution in [3.63, 3.8) is 0 Å². The molecule has 1 atom stereocenters. The molecule has 2 fully saturated rings. The summed E-state index contributed by atoms with van der Waals surface area (Å²) in [5.41, 5.74) is 1.41. The van der Waals surface area contributed by atoms with Gasteiger partial charge in [-0.25, -0.2) is 4.79 Å². The number of thiophene rings is 1. The average Bonchev–Trinajstić information content (AvgIpc) is 3.32. The Labute approximate surface area is 175 Å². The van der Waals surface area contributed by atoms with Crippen molar-refractivity contribution in [3.8, 4) is 5.75 Å². The fourth-order valence-electron chi connectivity index (χ4n) is 4.40. The molecule has 2 aliphatic rings. The normalized spacial score (nSPS) is 23.4. The van der Waals surface area contributed by atoms with Crippen LogP contribution in [0.15, 0.2) is 41.1 Å². The number of carbonyl (C=O) groups excluding carboxylic acids is 2. The van der Waals surface area contributed by atoms with Crippen molar-refractivity contribution in [2.75, 3.05) is 20.2 Å². The van der Waals surface area contributed by atoms with E-state index in [9.17, 15) is 9.59 Å². The van der Waals surface area contributed by atoms with E-state index >= 15 is 0 Å². The Morgan fingerprint density at radius 2 is 1.97 bits per heavy atom. The number of ether oxygens (including phenoxy) is 1. The molecule has 0 radical (unpaired) electrons. The summed E-state index contributed by atoms with van der Waals surface area (Å²) in [6, 6.07) is 9.82. The molecule has 29 heavy (non-hydrogen) atoms. The number of nitrogens with one attached hydrogen (secondary N) is 1. The fraction of sp³-hybridized carbons (Fsp3) is 0.455. The van der Waals surface area contributed by atoms with Crippen molar-refractivity contribution >= 4 is 23.3 Å². The first-order valence-electron chi connectivity index (χ1n) is 10.00. The number of urea groups is 1. The Balaban J connectivity index is 1.37. The van der Waals surface area contributed by atoms with E-state index in [1.54, 1.807) is 18.4 Å². The van der Waals surface area contributed by atoms with Gasteiger partial charge in [0.2, 0.25) is 0 Å². The second-order valence-electron chi connectivity index (χ2n) is 8.06.